The minimum atomic E-state index is -1.08. The number of hydrogen-bond acceptors (Lipinski definition) is 8. The first-order valence-corrected chi connectivity index (χ1v) is 14.1. The van der Waals surface area contributed by atoms with Gasteiger partial charge in [0.1, 0.15) is 11.5 Å². The van der Waals surface area contributed by atoms with Gasteiger partial charge in [0.05, 0.1) is 12.1 Å². The summed E-state index contributed by atoms with van der Waals surface area (Å²) in [7, 11) is 0. The van der Waals surface area contributed by atoms with E-state index in [1.165, 1.54) is 11.1 Å². The molecule has 3 rings (SSSR count). The first-order valence-electron chi connectivity index (χ1n) is 14.1. The number of aromatic hydroxyl groups is 2. The molecule has 1 saturated carbocycles. The van der Waals surface area contributed by atoms with Crippen LogP contribution in [0.2, 0.25) is 0 Å². The number of carbonyl (C=O) groups excluding carboxylic acids is 2. The minimum absolute atomic E-state index is 0. The molecule has 0 heterocycles. The molecular formula is C32H44CoN2O6. The molecule has 1 aliphatic carbocycles. The summed E-state index contributed by atoms with van der Waals surface area (Å²) in [6, 6.07) is 8.84. The molecule has 0 aromatic heterocycles. The van der Waals surface area contributed by atoms with Crippen LogP contribution in [0.15, 0.2) is 34.3 Å². The second-order valence-corrected chi connectivity index (χ2v) is 9.80. The number of aliphatic imine (C=N–C) groups is 2. The van der Waals surface area contributed by atoms with Gasteiger partial charge in [-0.2, -0.15) is 0 Å². The quantitative estimate of drug-likeness (QED) is 0.436. The molecule has 41 heavy (non-hydrogen) atoms. The fourth-order valence-corrected chi connectivity index (χ4v) is 4.45. The maximum Gasteiger partial charge on any atom is 2.00 e. The number of phenolic OH excluding ortho intramolecular Hbond substituents is 2. The van der Waals surface area contributed by atoms with Gasteiger partial charge in [0, 0.05) is 35.5 Å². The van der Waals surface area contributed by atoms with E-state index in [0.717, 1.165) is 87.5 Å². The van der Waals surface area contributed by atoms with Crippen LogP contribution in [0.5, 0.6) is 11.5 Å². The molecule has 1 aliphatic rings. The molecule has 0 amide bonds. The van der Waals surface area contributed by atoms with Crippen molar-refractivity contribution in [1.29, 1.82) is 0 Å². The van der Waals surface area contributed by atoms with Gasteiger partial charge in [0.15, 0.2) is 0 Å². The monoisotopic (exact) mass is 611 g/mol. The fourth-order valence-electron chi connectivity index (χ4n) is 4.45. The number of carbonyl (C=O) groups is 2. The van der Waals surface area contributed by atoms with Crippen molar-refractivity contribution < 1.29 is 46.8 Å². The molecule has 2 aromatic rings. The van der Waals surface area contributed by atoms with Gasteiger partial charge in [-0.1, -0.05) is 39.8 Å². The normalized spacial score (nSPS) is 16.2. The number of aliphatic carboxylic acids is 2. The standard InChI is InChI=1S/C28H38N2O2.2C2H4O2.Co/c1-5-19-13-21(7-3)27(31)23(15-19)17-29-25-9-11-26(12-10-25)30-18-24-16-20(6-2)14-22(8-4)28(24)32;2*1-2(3)4;/h13-18,25-26,31-32H,5-12H2,1-4H3;2*1H3,(H,3,4);/q;;;+2/p-2. The summed E-state index contributed by atoms with van der Waals surface area (Å²) in [5, 5.41) is 38.8. The van der Waals surface area contributed by atoms with Crippen molar-refractivity contribution in [2.75, 3.05) is 0 Å². The zero-order valence-electron chi connectivity index (χ0n) is 25.0. The van der Waals surface area contributed by atoms with Crippen LogP contribution in [0.3, 0.4) is 0 Å². The molecule has 227 valence electrons. The summed E-state index contributed by atoms with van der Waals surface area (Å²) in [5.74, 6) is -1.43. The van der Waals surface area contributed by atoms with Crippen molar-refractivity contribution >= 4 is 24.4 Å². The van der Waals surface area contributed by atoms with Gasteiger partial charge in [0.2, 0.25) is 0 Å². The van der Waals surface area contributed by atoms with Crippen molar-refractivity contribution in [1.82, 2.24) is 0 Å². The zero-order chi connectivity index (χ0) is 30.2. The molecule has 2 aromatic carbocycles. The van der Waals surface area contributed by atoms with E-state index in [9.17, 15) is 10.2 Å². The number of aryl methyl sites for hydroxylation is 4. The molecule has 0 spiro atoms. The topological polar surface area (TPSA) is 145 Å². The van der Waals surface area contributed by atoms with Crippen LogP contribution in [0.25, 0.3) is 0 Å². The van der Waals surface area contributed by atoms with E-state index < -0.39 is 11.9 Å². The summed E-state index contributed by atoms with van der Waals surface area (Å²) in [6.45, 7) is 10.3. The van der Waals surface area contributed by atoms with Crippen molar-refractivity contribution in [3.63, 3.8) is 0 Å². The maximum absolute atomic E-state index is 10.5. The maximum atomic E-state index is 10.5. The van der Waals surface area contributed by atoms with Gasteiger partial charge in [-0.05, 0) is 99.6 Å². The summed E-state index contributed by atoms with van der Waals surface area (Å²) in [6.07, 6.45) is 11.2. The molecule has 8 nitrogen and oxygen atoms in total. The van der Waals surface area contributed by atoms with E-state index in [-0.39, 0.29) is 28.9 Å². The third-order valence-electron chi connectivity index (χ3n) is 6.65. The molecule has 2 N–H and O–H groups in total. The molecule has 9 heteroatoms. The Morgan fingerprint density at radius 1 is 0.707 bits per heavy atom. The van der Waals surface area contributed by atoms with Gasteiger partial charge < -0.3 is 30.0 Å². The molecular weight excluding hydrogens is 567 g/mol. The molecule has 0 aliphatic heterocycles. The molecule has 0 unspecified atom stereocenters. The summed E-state index contributed by atoms with van der Waals surface area (Å²) >= 11 is 0. The van der Waals surface area contributed by atoms with Crippen LogP contribution in [-0.4, -0.2) is 46.7 Å². The Morgan fingerprint density at radius 2 is 1.00 bits per heavy atom. The Labute approximate surface area is 254 Å². The van der Waals surface area contributed by atoms with Crippen LogP contribution in [0.4, 0.5) is 0 Å². The van der Waals surface area contributed by atoms with Gasteiger partial charge in [-0.25, -0.2) is 0 Å². The Balaban J connectivity index is 0.00000158. The molecule has 0 bridgehead atoms. The van der Waals surface area contributed by atoms with E-state index in [0.29, 0.717) is 11.5 Å². The van der Waals surface area contributed by atoms with E-state index in [4.69, 9.17) is 29.8 Å². The summed E-state index contributed by atoms with van der Waals surface area (Å²) < 4.78 is 0. The Bertz CT molecular complexity index is 1070. The molecule has 0 saturated heterocycles. The molecule has 1 fully saturated rings. The fraction of sp³-hybridized carbons (Fsp3) is 0.500. The van der Waals surface area contributed by atoms with Crippen LogP contribution in [-0.2, 0) is 52.1 Å². The van der Waals surface area contributed by atoms with E-state index >= 15 is 0 Å². The number of nitrogens with zero attached hydrogens (tertiary/aromatic N) is 2. The first kappa shape index (κ1) is 37.8. The van der Waals surface area contributed by atoms with Crippen molar-refractivity contribution in [3.05, 3.63) is 57.6 Å². The van der Waals surface area contributed by atoms with Crippen LogP contribution in [0, 0.1) is 0 Å². The number of carboxylic acids is 2. The van der Waals surface area contributed by atoms with Gasteiger partial charge in [-0.3, -0.25) is 9.98 Å². The summed E-state index contributed by atoms with van der Waals surface area (Å²) in [4.78, 5) is 27.4. The van der Waals surface area contributed by atoms with Crippen LogP contribution >= 0.6 is 0 Å². The van der Waals surface area contributed by atoms with Gasteiger partial charge in [-0.15, -0.1) is 0 Å². The third kappa shape index (κ3) is 13.8. The van der Waals surface area contributed by atoms with Crippen LogP contribution in [0.1, 0.15) is 101 Å². The predicted molar refractivity (Wildman–Crippen MR) is 156 cm³/mol. The first-order chi connectivity index (χ1) is 18.9. The van der Waals surface area contributed by atoms with Crippen molar-refractivity contribution in [3.8, 4) is 11.5 Å². The average molecular weight is 612 g/mol. The van der Waals surface area contributed by atoms with Gasteiger partial charge >= 0.3 is 16.8 Å². The predicted octanol–water partition coefficient (Wildman–Crippen LogP) is 3.71. The number of rotatable bonds is 8. The Kier molecular flexibility index (Phi) is 18.3. The van der Waals surface area contributed by atoms with Crippen molar-refractivity contribution in [2.24, 2.45) is 9.98 Å². The number of carboxylic acid groups (broad SMARTS) is 2. The van der Waals surface area contributed by atoms with Crippen LogP contribution < -0.4 is 10.2 Å². The van der Waals surface area contributed by atoms with Gasteiger partial charge in [0.25, 0.3) is 0 Å². The second kappa shape index (κ2) is 19.8. The molecule has 1 radical (unpaired) electrons. The summed E-state index contributed by atoms with van der Waals surface area (Å²) in [5.41, 5.74) is 6.12. The third-order valence-corrected chi connectivity index (χ3v) is 6.65. The van der Waals surface area contributed by atoms with E-state index in [2.05, 4.69) is 52.0 Å². The zero-order valence-corrected chi connectivity index (χ0v) is 26.1. The Morgan fingerprint density at radius 3 is 1.24 bits per heavy atom. The largest absolute Gasteiger partial charge is 2.00 e. The molecule has 0 atom stereocenters. The minimum Gasteiger partial charge on any atom is -0.550 e. The number of benzene rings is 2. The van der Waals surface area contributed by atoms with E-state index in [1.807, 2.05) is 12.4 Å². The average Bonchev–Trinajstić information content (AvgIpc) is 2.92. The Hall–Kier alpha value is -3.17. The smallest absolute Gasteiger partial charge is 0.550 e. The number of phenols is 2. The SMILES string of the molecule is CC(=O)[O-].CC(=O)[O-].CCc1cc(C=NC2CCC(N=Cc3cc(CC)cc(CC)c3O)CC2)c(O)c(CC)c1.[Co+2]. The van der Waals surface area contributed by atoms with Crippen molar-refractivity contribution in [2.45, 2.75) is 105 Å². The second-order valence-electron chi connectivity index (χ2n) is 9.80. The van der Waals surface area contributed by atoms with E-state index in [1.54, 1.807) is 0 Å². The number of hydrogen-bond donors (Lipinski definition) is 2.